The van der Waals surface area contributed by atoms with Crippen molar-refractivity contribution in [3.63, 3.8) is 0 Å². The van der Waals surface area contributed by atoms with E-state index in [1.807, 2.05) is 26.0 Å². The van der Waals surface area contributed by atoms with E-state index in [1.54, 1.807) is 12.1 Å². The first kappa shape index (κ1) is 26.3. The zero-order valence-electron chi connectivity index (χ0n) is 22.0. The van der Waals surface area contributed by atoms with Gasteiger partial charge in [0.25, 0.3) is 5.91 Å². The lowest BCUT2D eigenvalue weighted by molar-refractivity contribution is -0.128. The summed E-state index contributed by atoms with van der Waals surface area (Å²) in [5.74, 6) is 0.698. The molecule has 2 aliphatic heterocycles. The van der Waals surface area contributed by atoms with E-state index in [0.717, 1.165) is 72.8 Å². The average Bonchev–Trinajstić information content (AvgIpc) is 3.35. The molecule has 38 heavy (non-hydrogen) atoms. The van der Waals surface area contributed by atoms with Gasteiger partial charge in [0.15, 0.2) is 5.60 Å². The largest absolute Gasteiger partial charge is 0.493 e. The average molecular weight is 524 g/mol. The highest BCUT2D eigenvalue weighted by atomic mass is 19.1. The van der Waals surface area contributed by atoms with Gasteiger partial charge in [0.05, 0.1) is 24.5 Å². The number of hydrogen-bond acceptors (Lipinski definition) is 7. The number of benzene rings is 2. The molecule has 0 unspecified atom stereocenters. The number of oxime groups is 1. The fourth-order valence-electron chi connectivity index (χ4n) is 6.00. The van der Waals surface area contributed by atoms with Crippen LogP contribution < -0.4 is 9.47 Å². The first-order valence-corrected chi connectivity index (χ1v) is 13.5. The summed E-state index contributed by atoms with van der Waals surface area (Å²) in [5.41, 5.74) is 3.54. The van der Waals surface area contributed by atoms with E-state index in [4.69, 9.17) is 14.3 Å². The van der Waals surface area contributed by atoms with Crippen LogP contribution in [0.1, 0.15) is 51.5 Å². The first-order chi connectivity index (χ1) is 18.4. The third-order valence-corrected chi connectivity index (χ3v) is 7.79. The Bertz CT molecular complexity index is 1170. The molecule has 202 valence electrons. The molecule has 0 bridgehead atoms. The number of halogens is 1. The van der Waals surface area contributed by atoms with Gasteiger partial charge in [-0.25, -0.2) is 4.39 Å². The van der Waals surface area contributed by atoms with Gasteiger partial charge >= 0.3 is 0 Å². The minimum Gasteiger partial charge on any atom is -0.493 e. The lowest BCUT2D eigenvalue weighted by Crippen LogP contribution is -2.61. The van der Waals surface area contributed by atoms with E-state index in [0.29, 0.717) is 32.0 Å². The second-order valence-electron chi connectivity index (χ2n) is 10.5. The Morgan fingerprint density at radius 2 is 1.71 bits per heavy atom. The number of amides is 1. The lowest BCUT2D eigenvalue weighted by atomic mass is 9.76. The molecule has 0 aromatic heterocycles. The molecule has 1 saturated carbocycles. The highest BCUT2D eigenvalue weighted by Crippen LogP contribution is 2.43. The maximum atomic E-state index is 13.6. The number of carbonyl (C=O) groups is 1. The van der Waals surface area contributed by atoms with Crippen LogP contribution in [0.5, 0.6) is 11.5 Å². The molecule has 0 radical (unpaired) electrons. The van der Waals surface area contributed by atoms with Crippen molar-refractivity contribution in [2.24, 2.45) is 22.2 Å². The molecule has 0 N–H and O–H groups in total. The number of ether oxygens (including phenoxy) is 2. The van der Waals surface area contributed by atoms with Crippen LogP contribution in [0.2, 0.25) is 0 Å². The highest BCUT2D eigenvalue weighted by Gasteiger charge is 2.50. The Labute approximate surface area is 222 Å². The van der Waals surface area contributed by atoms with Gasteiger partial charge in [-0.1, -0.05) is 17.3 Å². The van der Waals surface area contributed by atoms with Crippen LogP contribution in [0.25, 0.3) is 11.1 Å². The molecular formula is C29H34FN3O5. The summed E-state index contributed by atoms with van der Waals surface area (Å²) in [6, 6.07) is 10.5. The van der Waals surface area contributed by atoms with Crippen LogP contribution in [-0.2, 0) is 16.2 Å². The number of carbonyl (C=O) groups excluding carboxylic acids is 1. The summed E-state index contributed by atoms with van der Waals surface area (Å²) < 4.78 is 25.6. The number of likely N-dealkylation sites (tertiary alicyclic amines) is 1. The predicted octanol–water partition coefficient (Wildman–Crippen LogP) is 5.72. The number of nitroso groups, excluding NO2 is 1. The monoisotopic (exact) mass is 523 g/mol. The van der Waals surface area contributed by atoms with Crippen molar-refractivity contribution < 1.29 is 23.5 Å². The van der Waals surface area contributed by atoms with Crippen molar-refractivity contribution in [2.45, 2.75) is 58.1 Å². The smallest absolute Gasteiger partial charge is 0.289 e. The van der Waals surface area contributed by atoms with Crippen LogP contribution in [-0.4, -0.2) is 48.4 Å². The van der Waals surface area contributed by atoms with E-state index in [2.05, 4.69) is 15.2 Å². The normalized spacial score (nSPS) is 22.3. The molecule has 1 amide bonds. The molecule has 5 rings (SSSR count). The number of rotatable bonds is 9. The minimum atomic E-state index is -0.523. The Hall–Kier alpha value is -3.33. The summed E-state index contributed by atoms with van der Waals surface area (Å²) >= 11 is 0. The number of nitrogens with zero attached hydrogens (tertiary/aromatic N) is 3. The van der Waals surface area contributed by atoms with Gasteiger partial charge in [0, 0.05) is 43.1 Å². The van der Waals surface area contributed by atoms with Crippen molar-refractivity contribution in [3.05, 3.63) is 52.7 Å². The first-order valence-electron chi connectivity index (χ1n) is 13.5. The van der Waals surface area contributed by atoms with Crippen molar-refractivity contribution in [1.82, 2.24) is 4.90 Å². The van der Waals surface area contributed by atoms with Gasteiger partial charge in [-0.15, -0.1) is 4.91 Å². The second kappa shape index (κ2) is 11.2. The van der Waals surface area contributed by atoms with Gasteiger partial charge in [0.2, 0.25) is 0 Å². The van der Waals surface area contributed by atoms with E-state index < -0.39 is 5.91 Å². The van der Waals surface area contributed by atoms with E-state index in [-0.39, 0.29) is 17.3 Å². The van der Waals surface area contributed by atoms with E-state index in [9.17, 15) is 14.1 Å². The number of hydrogen-bond donors (Lipinski definition) is 0. The topological polar surface area (TPSA) is 89.8 Å². The quantitative estimate of drug-likeness (QED) is 0.391. The van der Waals surface area contributed by atoms with Gasteiger partial charge in [-0.3, -0.25) is 9.69 Å². The van der Waals surface area contributed by atoms with Crippen molar-refractivity contribution >= 4 is 11.6 Å². The lowest BCUT2D eigenvalue weighted by Gasteiger charge is -2.45. The van der Waals surface area contributed by atoms with Gasteiger partial charge < -0.3 is 14.3 Å². The summed E-state index contributed by atoms with van der Waals surface area (Å²) in [6.07, 6.45) is 3.86. The molecule has 0 atom stereocenters. The molecule has 2 aromatic rings. The van der Waals surface area contributed by atoms with E-state index in [1.165, 1.54) is 12.1 Å². The molecule has 1 saturated heterocycles. The summed E-state index contributed by atoms with van der Waals surface area (Å²) in [7, 11) is 0. The molecule has 2 aromatic carbocycles. The molecular weight excluding hydrogens is 489 g/mol. The van der Waals surface area contributed by atoms with Gasteiger partial charge in [-0.2, -0.15) is 0 Å². The van der Waals surface area contributed by atoms with Crippen molar-refractivity contribution in [2.75, 3.05) is 26.3 Å². The van der Waals surface area contributed by atoms with E-state index >= 15 is 0 Å². The molecule has 1 aliphatic carbocycles. The minimum absolute atomic E-state index is 0.238. The summed E-state index contributed by atoms with van der Waals surface area (Å²) in [5, 5.41) is 7.05. The fourth-order valence-corrected chi connectivity index (χ4v) is 6.00. The third-order valence-electron chi connectivity index (χ3n) is 7.79. The molecule has 3 aliphatic rings. The maximum absolute atomic E-state index is 13.6. The van der Waals surface area contributed by atoms with Crippen LogP contribution in [0.4, 0.5) is 4.39 Å². The SMILES string of the molecule is CCOc1cc(CN2CC3(CC(C4CCC(C(=O)N=O)CC4)=NO3)C2)cc(OCC)c1-c1ccc(F)cc1. The summed E-state index contributed by atoms with van der Waals surface area (Å²) in [4.78, 5) is 30.4. The predicted molar refractivity (Wildman–Crippen MR) is 142 cm³/mol. The molecule has 1 spiro atoms. The highest BCUT2D eigenvalue weighted by molar-refractivity contribution is 5.89. The van der Waals surface area contributed by atoms with Gasteiger partial charge in [0.1, 0.15) is 17.3 Å². The zero-order valence-corrected chi connectivity index (χ0v) is 22.0. The van der Waals surface area contributed by atoms with Gasteiger partial charge in [-0.05, 0) is 74.9 Å². The maximum Gasteiger partial charge on any atom is 0.289 e. The Morgan fingerprint density at radius 1 is 1.08 bits per heavy atom. The van der Waals surface area contributed by atoms with Crippen LogP contribution in [0, 0.1) is 22.6 Å². The standard InChI is InChI=1S/C29H34FN3O5/c1-3-36-25-13-19(14-26(37-4-2)27(25)21-9-11-23(30)12-10-21)16-33-17-29(18-33)15-24(32-38-29)20-5-7-22(8-6-20)28(34)31-35/h9-14,20,22H,3-8,15-18H2,1-2H3. The third kappa shape index (κ3) is 5.43. The molecule has 8 nitrogen and oxygen atoms in total. The summed E-state index contributed by atoms with van der Waals surface area (Å²) in [6.45, 7) is 7.17. The molecule has 9 heteroatoms. The Morgan fingerprint density at radius 3 is 2.29 bits per heavy atom. The van der Waals surface area contributed by atoms with Crippen molar-refractivity contribution in [3.8, 4) is 22.6 Å². The molecule has 2 heterocycles. The Kier molecular flexibility index (Phi) is 7.74. The zero-order chi connectivity index (χ0) is 26.7. The van der Waals surface area contributed by atoms with Crippen LogP contribution in [0.3, 0.4) is 0 Å². The fraction of sp³-hybridized carbons (Fsp3) is 0.517. The van der Waals surface area contributed by atoms with Crippen molar-refractivity contribution in [1.29, 1.82) is 0 Å². The van der Waals surface area contributed by atoms with Crippen LogP contribution >= 0.6 is 0 Å². The Balaban J connectivity index is 1.23. The van der Waals surface area contributed by atoms with Crippen LogP contribution in [0.15, 0.2) is 46.7 Å². The second-order valence-corrected chi connectivity index (χ2v) is 10.5. The molecule has 2 fully saturated rings.